The summed E-state index contributed by atoms with van der Waals surface area (Å²) < 4.78 is 5.99. The molecule has 126 valence electrons. The van der Waals surface area contributed by atoms with Crippen molar-refractivity contribution in [2.24, 2.45) is 0 Å². The van der Waals surface area contributed by atoms with Crippen LogP contribution in [-0.4, -0.2) is 11.9 Å². The van der Waals surface area contributed by atoms with Crippen molar-refractivity contribution in [1.82, 2.24) is 5.32 Å². The van der Waals surface area contributed by atoms with E-state index in [1.807, 2.05) is 31.2 Å². The van der Waals surface area contributed by atoms with Crippen molar-refractivity contribution in [2.75, 3.05) is 0 Å². The Morgan fingerprint density at radius 2 is 1.92 bits per heavy atom. The Kier molecular flexibility index (Phi) is 4.89. The zero-order chi connectivity index (χ0) is 17.1. The molecule has 3 heteroatoms. The molecule has 0 saturated heterocycles. The Morgan fingerprint density at radius 3 is 2.71 bits per heavy atom. The van der Waals surface area contributed by atoms with Gasteiger partial charge in [0.15, 0.2) is 5.76 Å². The smallest absolute Gasteiger partial charge is 0.287 e. The third kappa shape index (κ3) is 3.16. The molecule has 1 aromatic heterocycles. The van der Waals surface area contributed by atoms with Crippen LogP contribution in [0.25, 0.3) is 21.7 Å². The largest absolute Gasteiger partial charge is 0.450 e. The quantitative estimate of drug-likeness (QED) is 0.601. The van der Waals surface area contributed by atoms with Gasteiger partial charge in [-0.15, -0.1) is 0 Å². The van der Waals surface area contributed by atoms with E-state index in [0.29, 0.717) is 5.76 Å². The van der Waals surface area contributed by atoms with Crippen molar-refractivity contribution in [1.29, 1.82) is 0 Å². The average molecular weight is 323 g/mol. The first kappa shape index (κ1) is 16.6. The number of aryl methyl sites for hydroxylation is 1. The second kappa shape index (κ2) is 7.08. The van der Waals surface area contributed by atoms with Crippen molar-refractivity contribution in [2.45, 2.75) is 52.5 Å². The molecule has 1 amide bonds. The maximum absolute atomic E-state index is 12.6. The fourth-order valence-electron chi connectivity index (χ4n) is 3.23. The first-order valence-electron chi connectivity index (χ1n) is 8.83. The highest BCUT2D eigenvalue weighted by atomic mass is 16.3. The average Bonchev–Trinajstić information content (AvgIpc) is 2.92. The van der Waals surface area contributed by atoms with Gasteiger partial charge >= 0.3 is 0 Å². The van der Waals surface area contributed by atoms with Gasteiger partial charge in [0, 0.05) is 22.4 Å². The van der Waals surface area contributed by atoms with E-state index in [-0.39, 0.29) is 11.9 Å². The molecule has 0 radical (unpaired) electrons. The molecule has 1 atom stereocenters. The molecule has 0 fully saturated rings. The zero-order valence-electron chi connectivity index (χ0n) is 14.7. The predicted molar refractivity (Wildman–Crippen MR) is 99.5 cm³/mol. The number of hydrogen-bond acceptors (Lipinski definition) is 2. The highest BCUT2D eigenvalue weighted by Crippen LogP contribution is 2.31. The molecule has 3 rings (SSSR count). The van der Waals surface area contributed by atoms with E-state index >= 15 is 0 Å². The van der Waals surface area contributed by atoms with Crippen molar-refractivity contribution >= 4 is 27.6 Å². The second-order valence-corrected chi connectivity index (χ2v) is 6.59. The van der Waals surface area contributed by atoms with E-state index in [1.165, 1.54) is 12.8 Å². The van der Waals surface area contributed by atoms with Crippen LogP contribution in [0.3, 0.4) is 0 Å². The van der Waals surface area contributed by atoms with Gasteiger partial charge in [-0.05, 0) is 25.7 Å². The van der Waals surface area contributed by atoms with E-state index in [0.717, 1.165) is 40.1 Å². The summed E-state index contributed by atoms with van der Waals surface area (Å²) in [6.07, 6.45) is 4.54. The van der Waals surface area contributed by atoms with Gasteiger partial charge < -0.3 is 9.73 Å². The van der Waals surface area contributed by atoms with E-state index in [1.54, 1.807) is 0 Å². The minimum Gasteiger partial charge on any atom is -0.450 e. The number of carbonyl (C=O) groups excluding carboxylic acids is 1. The summed E-state index contributed by atoms with van der Waals surface area (Å²) in [5.41, 5.74) is 1.71. The van der Waals surface area contributed by atoms with Crippen molar-refractivity contribution in [3.05, 3.63) is 47.7 Å². The molecule has 3 aromatic rings. The third-order valence-corrected chi connectivity index (χ3v) is 4.65. The minimum absolute atomic E-state index is 0.114. The van der Waals surface area contributed by atoms with Crippen LogP contribution in [0.5, 0.6) is 0 Å². The Hall–Kier alpha value is -2.29. The Bertz CT molecular complexity index is 863. The fourth-order valence-corrected chi connectivity index (χ4v) is 3.23. The summed E-state index contributed by atoms with van der Waals surface area (Å²) in [6, 6.07) is 12.4. The minimum atomic E-state index is -0.114. The van der Waals surface area contributed by atoms with Gasteiger partial charge in [0.2, 0.25) is 0 Å². The number of furan rings is 1. The first-order valence-corrected chi connectivity index (χ1v) is 8.83. The van der Waals surface area contributed by atoms with Crippen LogP contribution in [-0.2, 0) is 0 Å². The number of rotatable bonds is 6. The Labute approximate surface area is 143 Å². The van der Waals surface area contributed by atoms with Crippen LogP contribution in [0, 0.1) is 6.92 Å². The molecule has 1 unspecified atom stereocenters. The summed E-state index contributed by atoms with van der Waals surface area (Å²) in [6.45, 7) is 6.20. The zero-order valence-corrected chi connectivity index (χ0v) is 14.7. The summed E-state index contributed by atoms with van der Waals surface area (Å²) in [4.78, 5) is 12.6. The van der Waals surface area contributed by atoms with Gasteiger partial charge in [-0.3, -0.25) is 4.79 Å². The molecular weight excluding hydrogens is 298 g/mol. The van der Waals surface area contributed by atoms with Crippen molar-refractivity contribution in [3.8, 4) is 0 Å². The standard InChI is InChI=1S/C21H25NO2/c1-4-5-6-9-14(2)22-21(23)19-15(3)17-13-12-16-10-7-8-11-18(16)20(17)24-19/h7-8,10-14H,4-6,9H2,1-3H3,(H,22,23). The van der Waals surface area contributed by atoms with Crippen LogP contribution in [0.15, 0.2) is 40.8 Å². The second-order valence-electron chi connectivity index (χ2n) is 6.59. The Morgan fingerprint density at radius 1 is 1.12 bits per heavy atom. The van der Waals surface area contributed by atoms with Gasteiger partial charge in [-0.2, -0.15) is 0 Å². The number of hydrogen-bond donors (Lipinski definition) is 1. The lowest BCUT2D eigenvalue weighted by Gasteiger charge is -2.12. The molecule has 0 spiro atoms. The molecule has 3 nitrogen and oxygen atoms in total. The van der Waals surface area contributed by atoms with Crippen LogP contribution >= 0.6 is 0 Å². The molecule has 1 heterocycles. The van der Waals surface area contributed by atoms with Crippen LogP contribution in [0.4, 0.5) is 0 Å². The van der Waals surface area contributed by atoms with Gasteiger partial charge in [0.25, 0.3) is 5.91 Å². The molecule has 24 heavy (non-hydrogen) atoms. The number of unbranched alkanes of at least 4 members (excludes halogenated alkanes) is 2. The molecule has 1 N–H and O–H groups in total. The summed E-state index contributed by atoms with van der Waals surface area (Å²) in [5, 5.41) is 6.26. The maximum atomic E-state index is 12.6. The number of carbonyl (C=O) groups is 1. The van der Waals surface area contributed by atoms with Crippen molar-refractivity contribution in [3.63, 3.8) is 0 Å². The van der Waals surface area contributed by atoms with Crippen LogP contribution < -0.4 is 5.32 Å². The molecule has 0 aliphatic heterocycles. The number of nitrogens with one attached hydrogen (secondary N) is 1. The van der Waals surface area contributed by atoms with Gasteiger partial charge in [-0.1, -0.05) is 62.6 Å². The lowest BCUT2D eigenvalue weighted by molar-refractivity contribution is 0.0911. The predicted octanol–water partition coefficient (Wildman–Crippen LogP) is 5.59. The number of benzene rings is 2. The first-order chi connectivity index (χ1) is 11.6. The Balaban J connectivity index is 1.88. The highest BCUT2D eigenvalue weighted by molar-refractivity contribution is 6.08. The normalized spacial score (nSPS) is 12.6. The van der Waals surface area contributed by atoms with E-state index < -0.39 is 0 Å². The number of amides is 1. The summed E-state index contributed by atoms with van der Waals surface area (Å²) in [7, 11) is 0. The van der Waals surface area contributed by atoms with Gasteiger partial charge in [0.1, 0.15) is 5.58 Å². The van der Waals surface area contributed by atoms with Gasteiger partial charge in [-0.25, -0.2) is 0 Å². The van der Waals surface area contributed by atoms with Crippen molar-refractivity contribution < 1.29 is 9.21 Å². The highest BCUT2D eigenvalue weighted by Gasteiger charge is 2.20. The fraction of sp³-hybridized carbons (Fsp3) is 0.381. The molecular formula is C21H25NO2. The SMILES string of the molecule is CCCCCC(C)NC(=O)c1oc2c(ccc3ccccc32)c1C. The van der Waals surface area contributed by atoms with Crippen LogP contribution in [0.1, 0.15) is 55.6 Å². The monoisotopic (exact) mass is 323 g/mol. The number of fused-ring (bicyclic) bond motifs is 3. The molecule has 0 saturated carbocycles. The molecule has 0 bridgehead atoms. The molecule has 0 aliphatic rings. The third-order valence-electron chi connectivity index (χ3n) is 4.65. The summed E-state index contributed by atoms with van der Waals surface area (Å²) >= 11 is 0. The van der Waals surface area contributed by atoms with Crippen LogP contribution in [0.2, 0.25) is 0 Å². The summed E-state index contributed by atoms with van der Waals surface area (Å²) in [5.74, 6) is 0.320. The van der Waals surface area contributed by atoms with E-state index in [4.69, 9.17) is 4.42 Å². The lowest BCUT2D eigenvalue weighted by atomic mass is 10.1. The molecule has 0 aliphatic carbocycles. The molecule has 2 aromatic carbocycles. The lowest BCUT2D eigenvalue weighted by Crippen LogP contribution is -2.32. The van der Waals surface area contributed by atoms with E-state index in [2.05, 4.69) is 31.3 Å². The van der Waals surface area contributed by atoms with E-state index in [9.17, 15) is 4.79 Å². The maximum Gasteiger partial charge on any atom is 0.287 e. The van der Waals surface area contributed by atoms with Gasteiger partial charge in [0.05, 0.1) is 0 Å². The topological polar surface area (TPSA) is 42.2 Å².